The topological polar surface area (TPSA) is 91.9 Å². The molecule has 0 saturated heterocycles. The van der Waals surface area contributed by atoms with Crippen molar-refractivity contribution < 1.29 is 4.79 Å². The minimum absolute atomic E-state index is 0.188. The van der Waals surface area contributed by atoms with Gasteiger partial charge in [0.25, 0.3) is 5.91 Å². The van der Waals surface area contributed by atoms with E-state index in [0.717, 1.165) is 11.4 Å². The van der Waals surface area contributed by atoms with Crippen molar-refractivity contribution in [1.82, 2.24) is 0 Å². The molecule has 25 heavy (non-hydrogen) atoms. The van der Waals surface area contributed by atoms with Gasteiger partial charge in [0.2, 0.25) is 0 Å². The highest BCUT2D eigenvalue weighted by molar-refractivity contribution is 6.05. The number of carbonyl (C=O) groups is 1. The van der Waals surface area contributed by atoms with Crippen LogP contribution < -0.4 is 16.4 Å². The lowest BCUT2D eigenvalue weighted by Crippen LogP contribution is -2.12. The lowest BCUT2D eigenvalue weighted by atomic mass is 10.2. The van der Waals surface area contributed by atoms with Gasteiger partial charge in [-0.2, -0.15) is 0 Å². The SMILES string of the molecule is C=N/C(C)=C\C(=N/C)Nc1ccc(NC(=O)c2ccc(N)cc2)cc1. The number of amides is 1. The Morgan fingerprint density at radius 2 is 1.60 bits per heavy atom. The maximum atomic E-state index is 12.2. The number of nitrogen functional groups attached to an aromatic ring is 1. The summed E-state index contributed by atoms with van der Waals surface area (Å²) < 4.78 is 0. The predicted octanol–water partition coefficient (Wildman–Crippen LogP) is 3.57. The van der Waals surface area contributed by atoms with Crippen molar-refractivity contribution in [2.24, 2.45) is 9.98 Å². The summed E-state index contributed by atoms with van der Waals surface area (Å²) in [6, 6.07) is 14.1. The van der Waals surface area contributed by atoms with Crippen LogP contribution in [0.5, 0.6) is 0 Å². The molecule has 0 atom stereocenters. The predicted molar refractivity (Wildman–Crippen MR) is 106 cm³/mol. The maximum absolute atomic E-state index is 12.2. The molecule has 0 bridgehead atoms. The molecule has 6 nitrogen and oxygen atoms in total. The van der Waals surface area contributed by atoms with Crippen LogP contribution in [0.15, 0.2) is 70.3 Å². The molecule has 0 aliphatic heterocycles. The number of nitrogens with two attached hydrogens (primary N) is 1. The molecule has 6 heteroatoms. The number of nitrogens with zero attached hydrogens (tertiary/aromatic N) is 2. The number of rotatable bonds is 5. The summed E-state index contributed by atoms with van der Waals surface area (Å²) in [5, 5.41) is 6.01. The molecule has 4 N–H and O–H groups in total. The van der Waals surface area contributed by atoms with Crippen LogP contribution in [0.3, 0.4) is 0 Å². The lowest BCUT2D eigenvalue weighted by molar-refractivity contribution is 0.102. The van der Waals surface area contributed by atoms with Crippen LogP contribution in [-0.2, 0) is 0 Å². The van der Waals surface area contributed by atoms with Crippen molar-refractivity contribution >= 4 is 35.5 Å². The zero-order valence-electron chi connectivity index (χ0n) is 14.3. The summed E-state index contributed by atoms with van der Waals surface area (Å²) in [6.07, 6.45) is 1.80. The van der Waals surface area contributed by atoms with E-state index in [1.165, 1.54) is 0 Å². The second-order valence-electron chi connectivity index (χ2n) is 5.33. The number of anilines is 3. The number of nitrogens with one attached hydrogen (secondary N) is 2. The van der Waals surface area contributed by atoms with Crippen molar-refractivity contribution in [3.63, 3.8) is 0 Å². The van der Waals surface area contributed by atoms with Crippen LogP contribution in [-0.4, -0.2) is 25.5 Å². The molecule has 0 radical (unpaired) electrons. The summed E-state index contributed by atoms with van der Waals surface area (Å²) in [5.41, 5.74) is 9.10. The highest BCUT2D eigenvalue weighted by Gasteiger charge is 2.06. The number of allylic oxidation sites excluding steroid dienone is 1. The van der Waals surface area contributed by atoms with E-state index in [1.54, 1.807) is 37.4 Å². The molecule has 2 aromatic rings. The number of hydrogen-bond donors (Lipinski definition) is 3. The van der Waals surface area contributed by atoms with Crippen LogP contribution in [0, 0.1) is 0 Å². The smallest absolute Gasteiger partial charge is 0.255 e. The van der Waals surface area contributed by atoms with Gasteiger partial charge in [-0.1, -0.05) is 0 Å². The number of aliphatic imine (C=N–C) groups is 2. The first-order valence-electron chi connectivity index (χ1n) is 7.67. The van der Waals surface area contributed by atoms with Gasteiger partial charge in [-0.05, 0) is 62.2 Å². The normalized spacial score (nSPS) is 11.8. The highest BCUT2D eigenvalue weighted by Crippen LogP contribution is 2.15. The summed E-state index contributed by atoms with van der Waals surface area (Å²) in [4.78, 5) is 20.2. The lowest BCUT2D eigenvalue weighted by Gasteiger charge is -2.09. The summed E-state index contributed by atoms with van der Waals surface area (Å²) in [5.74, 6) is 0.482. The molecule has 128 valence electrons. The first-order chi connectivity index (χ1) is 12.0. The van der Waals surface area contributed by atoms with Gasteiger partial charge in [-0.15, -0.1) is 0 Å². The van der Waals surface area contributed by atoms with Crippen LogP contribution in [0.4, 0.5) is 17.1 Å². The molecule has 0 aliphatic carbocycles. The molecular weight excluding hydrogens is 314 g/mol. The van der Waals surface area contributed by atoms with E-state index in [2.05, 4.69) is 27.3 Å². The third kappa shape index (κ3) is 5.31. The van der Waals surface area contributed by atoms with Gasteiger partial charge < -0.3 is 16.4 Å². The fourth-order valence-electron chi connectivity index (χ4n) is 2.02. The fraction of sp³-hybridized carbons (Fsp3) is 0.105. The van der Waals surface area contributed by atoms with Gasteiger partial charge in [0.05, 0.1) is 0 Å². The van der Waals surface area contributed by atoms with Crippen LogP contribution >= 0.6 is 0 Å². The van der Waals surface area contributed by atoms with Crippen LogP contribution in [0.25, 0.3) is 0 Å². The third-order valence-electron chi connectivity index (χ3n) is 3.42. The zero-order valence-corrected chi connectivity index (χ0v) is 14.3. The van der Waals surface area contributed by atoms with Crippen molar-refractivity contribution in [3.05, 3.63) is 65.9 Å². The quantitative estimate of drug-likeness (QED) is 0.443. The Morgan fingerprint density at radius 3 is 2.12 bits per heavy atom. The number of carbonyl (C=O) groups excluding carboxylic acids is 1. The second kappa shape index (κ2) is 8.44. The van der Waals surface area contributed by atoms with Crippen LogP contribution in [0.1, 0.15) is 17.3 Å². The van der Waals surface area contributed by atoms with E-state index in [-0.39, 0.29) is 5.91 Å². The Kier molecular flexibility index (Phi) is 6.06. The Bertz CT molecular complexity index is 805. The van der Waals surface area contributed by atoms with E-state index in [9.17, 15) is 4.79 Å². The number of hydrogen-bond acceptors (Lipinski definition) is 4. The molecule has 1 amide bonds. The first kappa shape index (κ1) is 17.9. The fourth-order valence-corrected chi connectivity index (χ4v) is 2.02. The van der Waals surface area contributed by atoms with Gasteiger partial charge in [0, 0.05) is 41.4 Å². The summed E-state index contributed by atoms with van der Waals surface area (Å²) in [7, 11) is 1.69. The molecule has 0 spiro atoms. The monoisotopic (exact) mass is 335 g/mol. The Balaban J connectivity index is 2.03. The van der Waals surface area contributed by atoms with Gasteiger partial charge in [-0.3, -0.25) is 14.8 Å². The minimum Gasteiger partial charge on any atom is -0.399 e. The zero-order chi connectivity index (χ0) is 18.2. The molecule has 2 aromatic carbocycles. The third-order valence-corrected chi connectivity index (χ3v) is 3.42. The summed E-state index contributed by atoms with van der Waals surface area (Å²) in [6.45, 7) is 5.32. The van der Waals surface area contributed by atoms with E-state index in [0.29, 0.717) is 22.8 Å². The average molecular weight is 335 g/mol. The van der Waals surface area contributed by atoms with Crippen molar-refractivity contribution in [3.8, 4) is 0 Å². The maximum Gasteiger partial charge on any atom is 0.255 e. The largest absolute Gasteiger partial charge is 0.399 e. The molecule has 0 heterocycles. The van der Waals surface area contributed by atoms with E-state index < -0.39 is 0 Å². The van der Waals surface area contributed by atoms with Gasteiger partial charge >= 0.3 is 0 Å². The van der Waals surface area contributed by atoms with E-state index >= 15 is 0 Å². The van der Waals surface area contributed by atoms with E-state index in [1.807, 2.05) is 31.2 Å². The van der Waals surface area contributed by atoms with Gasteiger partial charge in [0.1, 0.15) is 5.84 Å². The number of benzene rings is 2. The Hall–Kier alpha value is -3.41. The minimum atomic E-state index is -0.188. The highest BCUT2D eigenvalue weighted by atomic mass is 16.1. The van der Waals surface area contributed by atoms with Crippen LogP contribution in [0.2, 0.25) is 0 Å². The van der Waals surface area contributed by atoms with Gasteiger partial charge in [-0.25, -0.2) is 0 Å². The first-order valence-corrected chi connectivity index (χ1v) is 7.67. The van der Waals surface area contributed by atoms with Crippen molar-refractivity contribution in [2.75, 3.05) is 23.4 Å². The Morgan fingerprint density at radius 1 is 1.04 bits per heavy atom. The molecule has 0 unspecified atom stereocenters. The van der Waals surface area contributed by atoms with Crippen molar-refractivity contribution in [1.29, 1.82) is 0 Å². The molecule has 0 aromatic heterocycles. The molecule has 0 aliphatic rings. The molecule has 0 fully saturated rings. The second-order valence-corrected chi connectivity index (χ2v) is 5.33. The summed E-state index contributed by atoms with van der Waals surface area (Å²) >= 11 is 0. The molecule has 2 rings (SSSR count). The van der Waals surface area contributed by atoms with Gasteiger partial charge in [0.15, 0.2) is 0 Å². The van der Waals surface area contributed by atoms with E-state index in [4.69, 9.17) is 5.73 Å². The molecular formula is C19H21N5O. The van der Waals surface area contributed by atoms with Crippen molar-refractivity contribution in [2.45, 2.75) is 6.92 Å². The molecule has 0 saturated carbocycles. The Labute approximate surface area is 147 Å². The standard InChI is InChI=1S/C19H21N5O/c1-13(21-2)12-18(22-3)23-16-8-10-17(11-9-16)24-19(25)14-4-6-15(20)7-5-14/h4-12H,2,20H2,1,3H3,(H,22,23)(H,24,25)/b13-12-. The average Bonchev–Trinajstić information content (AvgIpc) is 2.63. The number of amidine groups is 1.